The standard InChI is InChI=1S/C16H23N3O2/c1-10(14(20)19-16(2,3)4)18-15(21)12-5-6-13-11(9-12)7-8-17-13/h5-6,9-10,17H,7-8H2,1-4H3,(H,18,21)(H,19,20). The Morgan fingerprint density at radius 2 is 2.00 bits per heavy atom. The molecule has 21 heavy (non-hydrogen) atoms. The van der Waals surface area contributed by atoms with Crippen LogP contribution in [0.5, 0.6) is 0 Å². The molecule has 114 valence electrons. The predicted octanol–water partition coefficient (Wildman–Crippen LogP) is 1.69. The maximum absolute atomic E-state index is 12.2. The monoisotopic (exact) mass is 289 g/mol. The van der Waals surface area contributed by atoms with E-state index in [1.165, 1.54) is 0 Å². The highest BCUT2D eigenvalue weighted by Crippen LogP contribution is 2.22. The Balaban J connectivity index is 1.99. The Kier molecular flexibility index (Phi) is 4.21. The van der Waals surface area contributed by atoms with Gasteiger partial charge in [0.2, 0.25) is 5.91 Å². The molecule has 1 aromatic carbocycles. The molecule has 3 N–H and O–H groups in total. The average molecular weight is 289 g/mol. The van der Waals surface area contributed by atoms with E-state index in [0.717, 1.165) is 24.2 Å². The van der Waals surface area contributed by atoms with Crippen LogP contribution in [0.25, 0.3) is 0 Å². The van der Waals surface area contributed by atoms with Crippen molar-refractivity contribution in [2.24, 2.45) is 0 Å². The van der Waals surface area contributed by atoms with E-state index in [4.69, 9.17) is 0 Å². The first-order valence-corrected chi connectivity index (χ1v) is 7.26. The lowest BCUT2D eigenvalue weighted by molar-refractivity contribution is -0.124. The van der Waals surface area contributed by atoms with E-state index in [9.17, 15) is 9.59 Å². The lowest BCUT2D eigenvalue weighted by Gasteiger charge is -2.23. The summed E-state index contributed by atoms with van der Waals surface area (Å²) in [6, 6.07) is 5.01. The molecule has 0 saturated heterocycles. The zero-order valence-electron chi connectivity index (χ0n) is 13.0. The summed E-state index contributed by atoms with van der Waals surface area (Å²) in [6.45, 7) is 8.32. The van der Waals surface area contributed by atoms with Crippen LogP contribution in [0.4, 0.5) is 5.69 Å². The van der Waals surface area contributed by atoms with E-state index in [1.807, 2.05) is 32.9 Å². The normalized spacial score (nSPS) is 14.9. The maximum atomic E-state index is 12.2. The van der Waals surface area contributed by atoms with Crippen molar-refractivity contribution in [2.75, 3.05) is 11.9 Å². The van der Waals surface area contributed by atoms with Crippen LogP contribution in [-0.2, 0) is 11.2 Å². The molecule has 0 spiro atoms. The van der Waals surface area contributed by atoms with Crippen LogP contribution in [0.1, 0.15) is 43.6 Å². The molecular formula is C16H23N3O2. The quantitative estimate of drug-likeness (QED) is 0.793. The van der Waals surface area contributed by atoms with Crippen LogP contribution in [0.3, 0.4) is 0 Å². The smallest absolute Gasteiger partial charge is 0.251 e. The molecule has 0 aliphatic carbocycles. The third kappa shape index (κ3) is 3.97. The molecule has 0 aromatic heterocycles. The van der Waals surface area contributed by atoms with Crippen molar-refractivity contribution in [1.29, 1.82) is 0 Å². The fraction of sp³-hybridized carbons (Fsp3) is 0.500. The Bertz CT molecular complexity index is 561. The van der Waals surface area contributed by atoms with Crippen molar-refractivity contribution in [1.82, 2.24) is 10.6 Å². The highest BCUT2D eigenvalue weighted by Gasteiger charge is 2.21. The third-order valence-corrected chi connectivity index (χ3v) is 3.32. The number of hydrogen-bond donors (Lipinski definition) is 3. The fourth-order valence-electron chi connectivity index (χ4n) is 2.27. The molecule has 1 aliphatic rings. The van der Waals surface area contributed by atoms with Crippen molar-refractivity contribution in [3.05, 3.63) is 29.3 Å². The number of anilines is 1. The molecule has 0 fully saturated rings. The predicted molar refractivity (Wildman–Crippen MR) is 83.5 cm³/mol. The molecule has 1 atom stereocenters. The average Bonchev–Trinajstić information content (AvgIpc) is 2.83. The molecule has 2 rings (SSSR count). The van der Waals surface area contributed by atoms with E-state index in [-0.39, 0.29) is 17.4 Å². The number of nitrogens with one attached hydrogen (secondary N) is 3. The molecule has 5 nitrogen and oxygen atoms in total. The first-order valence-electron chi connectivity index (χ1n) is 7.26. The number of carbonyl (C=O) groups is 2. The summed E-state index contributed by atoms with van der Waals surface area (Å²) in [5, 5.41) is 8.85. The van der Waals surface area contributed by atoms with E-state index in [2.05, 4.69) is 16.0 Å². The number of fused-ring (bicyclic) bond motifs is 1. The second kappa shape index (κ2) is 5.76. The van der Waals surface area contributed by atoms with E-state index in [0.29, 0.717) is 5.56 Å². The second-order valence-corrected chi connectivity index (χ2v) is 6.48. The van der Waals surface area contributed by atoms with Gasteiger partial charge in [0.25, 0.3) is 5.91 Å². The largest absolute Gasteiger partial charge is 0.384 e. The first kappa shape index (κ1) is 15.4. The molecule has 1 heterocycles. The van der Waals surface area contributed by atoms with E-state index >= 15 is 0 Å². The summed E-state index contributed by atoms with van der Waals surface area (Å²) in [7, 11) is 0. The van der Waals surface area contributed by atoms with Gasteiger partial charge in [0.15, 0.2) is 0 Å². The van der Waals surface area contributed by atoms with Crippen LogP contribution < -0.4 is 16.0 Å². The minimum atomic E-state index is -0.567. The summed E-state index contributed by atoms with van der Waals surface area (Å²) >= 11 is 0. The summed E-state index contributed by atoms with van der Waals surface area (Å²) in [5.41, 5.74) is 2.52. The molecule has 2 amide bonds. The molecule has 1 aliphatic heterocycles. The topological polar surface area (TPSA) is 70.2 Å². The number of carbonyl (C=O) groups excluding carboxylic acids is 2. The van der Waals surface area contributed by atoms with Crippen LogP contribution in [-0.4, -0.2) is 29.9 Å². The van der Waals surface area contributed by atoms with Gasteiger partial charge in [0.05, 0.1) is 0 Å². The zero-order chi connectivity index (χ0) is 15.6. The lowest BCUT2D eigenvalue weighted by Crippen LogP contribution is -2.50. The van der Waals surface area contributed by atoms with Gasteiger partial charge in [-0.2, -0.15) is 0 Å². The van der Waals surface area contributed by atoms with Crippen molar-refractivity contribution < 1.29 is 9.59 Å². The second-order valence-electron chi connectivity index (χ2n) is 6.48. The van der Waals surface area contributed by atoms with Crippen molar-refractivity contribution in [2.45, 2.75) is 45.7 Å². The third-order valence-electron chi connectivity index (χ3n) is 3.32. The fourth-order valence-corrected chi connectivity index (χ4v) is 2.27. The van der Waals surface area contributed by atoms with Gasteiger partial charge >= 0.3 is 0 Å². The Morgan fingerprint density at radius 3 is 2.67 bits per heavy atom. The van der Waals surface area contributed by atoms with Gasteiger partial charge in [0.1, 0.15) is 6.04 Å². The molecule has 0 saturated carbocycles. The Morgan fingerprint density at radius 1 is 1.29 bits per heavy atom. The van der Waals surface area contributed by atoms with Gasteiger partial charge in [-0.05, 0) is 57.9 Å². The van der Waals surface area contributed by atoms with E-state index < -0.39 is 6.04 Å². The summed E-state index contributed by atoms with van der Waals surface area (Å²) in [6.07, 6.45) is 0.927. The highest BCUT2D eigenvalue weighted by molar-refractivity contribution is 5.98. The van der Waals surface area contributed by atoms with Crippen molar-refractivity contribution in [3.63, 3.8) is 0 Å². The van der Waals surface area contributed by atoms with Crippen LogP contribution >= 0.6 is 0 Å². The van der Waals surface area contributed by atoms with Crippen molar-refractivity contribution >= 4 is 17.5 Å². The highest BCUT2D eigenvalue weighted by atomic mass is 16.2. The molecule has 0 bridgehead atoms. The molecule has 0 radical (unpaired) electrons. The number of hydrogen-bond acceptors (Lipinski definition) is 3. The molecule has 1 aromatic rings. The van der Waals surface area contributed by atoms with Gasteiger partial charge in [-0.15, -0.1) is 0 Å². The lowest BCUT2D eigenvalue weighted by atomic mass is 10.1. The minimum Gasteiger partial charge on any atom is -0.384 e. The molecule has 5 heteroatoms. The molecule has 1 unspecified atom stereocenters. The Labute approximate surface area is 125 Å². The van der Waals surface area contributed by atoms with Crippen LogP contribution in [0.2, 0.25) is 0 Å². The number of amides is 2. The van der Waals surface area contributed by atoms with E-state index in [1.54, 1.807) is 13.0 Å². The number of benzene rings is 1. The van der Waals surface area contributed by atoms with Gasteiger partial charge in [-0.25, -0.2) is 0 Å². The Hall–Kier alpha value is -2.04. The van der Waals surface area contributed by atoms with Gasteiger partial charge < -0.3 is 16.0 Å². The minimum absolute atomic E-state index is 0.182. The van der Waals surface area contributed by atoms with Gasteiger partial charge in [-0.3, -0.25) is 9.59 Å². The summed E-state index contributed by atoms with van der Waals surface area (Å²) in [5.74, 6) is -0.403. The zero-order valence-corrected chi connectivity index (χ0v) is 13.0. The first-order chi connectivity index (χ1) is 9.76. The SMILES string of the molecule is CC(NC(=O)c1ccc2c(c1)CCN2)C(=O)NC(C)(C)C. The maximum Gasteiger partial charge on any atom is 0.251 e. The van der Waals surface area contributed by atoms with Gasteiger partial charge in [0, 0.05) is 23.3 Å². The summed E-state index contributed by atoms with van der Waals surface area (Å²) in [4.78, 5) is 24.2. The molecular weight excluding hydrogens is 266 g/mol. The summed E-state index contributed by atoms with van der Waals surface area (Å²) < 4.78 is 0. The van der Waals surface area contributed by atoms with Crippen LogP contribution in [0, 0.1) is 0 Å². The van der Waals surface area contributed by atoms with Crippen LogP contribution in [0.15, 0.2) is 18.2 Å². The van der Waals surface area contributed by atoms with Gasteiger partial charge in [-0.1, -0.05) is 0 Å². The van der Waals surface area contributed by atoms with Crippen molar-refractivity contribution in [3.8, 4) is 0 Å². The number of rotatable bonds is 3.